The average Bonchev–Trinajstić information content (AvgIpc) is 3.28. The van der Waals surface area contributed by atoms with Crippen molar-refractivity contribution in [1.82, 2.24) is 0 Å². The van der Waals surface area contributed by atoms with E-state index < -0.39 is 0 Å². The van der Waals surface area contributed by atoms with E-state index in [1.807, 2.05) is 48.5 Å². The molecule has 0 aromatic heterocycles. The standard InChI is InChI=1S/C28H38N2O2.2BrH/c1-21-7-5-17-29(21,3)19-27(31)25-13-9-23(10-14-25)24-11-15-26(16-12-24)28(32)20-30(4)18-6-8-22(30)2;;/h9-16,21-22H,5-8,17-20H2,1-4H3;2*1H/q+2;;/p-2. The summed E-state index contributed by atoms with van der Waals surface area (Å²) in [5, 5.41) is 0. The minimum Gasteiger partial charge on any atom is -1.00 e. The number of carbonyl (C=O) groups is 2. The highest BCUT2D eigenvalue weighted by Gasteiger charge is 2.37. The first-order valence-electron chi connectivity index (χ1n) is 12.2. The fourth-order valence-electron chi connectivity index (χ4n) is 5.57. The Labute approximate surface area is 226 Å². The van der Waals surface area contributed by atoms with Crippen LogP contribution in [0.5, 0.6) is 0 Å². The molecule has 0 N–H and O–H groups in total. The SMILES string of the molecule is CC1CCC[N+]1(C)CC(=O)c1ccc(-c2ccc(C(=O)C[N+]3(C)CCCC3C)cc2)cc1.[Br-].[Br-]. The van der Waals surface area contributed by atoms with Crippen molar-refractivity contribution in [3.63, 3.8) is 0 Å². The van der Waals surface area contributed by atoms with Crippen LogP contribution in [0.15, 0.2) is 48.5 Å². The number of rotatable bonds is 7. The molecule has 6 heteroatoms. The summed E-state index contributed by atoms with van der Waals surface area (Å²) in [6.45, 7) is 7.84. The van der Waals surface area contributed by atoms with Gasteiger partial charge in [0.25, 0.3) is 0 Å². The fourth-order valence-corrected chi connectivity index (χ4v) is 5.57. The molecule has 0 bridgehead atoms. The second-order valence-corrected chi connectivity index (χ2v) is 10.7. The summed E-state index contributed by atoms with van der Waals surface area (Å²) < 4.78 is 1.71. The summed E-state index contributed by atoms with van der Waals surface area (Å²) in [6, 6.07) is 17.0. The minimum atomic E-state index is 0. The number of hydrogen-bond acceptors (Lipinski definition) is 2. The lowest BCUT2D eigenvalue weighted by Gasteiger charge is -2.33. The van der Waals surface area contributed by atoms with Crippen LogP contribution in [0.2, 0.25) is 0 Å². The highest BCUT2D eigenvalue weighted by Crippen LogP contribution is 2.27. The van der Waals surface area contributed by atoms with Crippen molar-refractivity contribution in [2.75, 3.05) is 40.3 Å². The van der Waals surface area contributed by atoms with E-state index in [1.165, 1.54) is 25.7 Å². The van der Waals surface area contributed by atoms with Crippen molar-refractivity contribution in [3.8, 4) is 11.1 Å². The minimum absolute atomic E-state index is 0. The molecule has 0 saturated carbocycles. The molecular formula is C28H38Br2N2O2. The Morgan fingerprint density at radius 2 is 1.00 bits per heavy atom. The van der Waals surface area contributed by atoms with Crippen LogP contribution >= 0.6 is 0 Å². The number of likely N-dealkylation sites (N-methyl/N-ethyl adjacent to an activating group) is 2. The van der Waals surface area contributed by atoms with Crippen molar-refractivity contribution in [2.24, 2.45) is 0 Å². The molecule has 186 valence electrons. The van der Waals surface area contributed by atoms with Gasteiger partial charge in [0.15, 0.2) is 0 Å². The van der Waals surface area contributed by atoms with Gasteiger partial charge in [0, 0.05) is 36.8 Å². The molecule has 0 spiro atoms. The highest BCUT2D eigenvalue weighted by atomic mass is 79.9. The van der Waals surface area contributed by atoms with Crippen LogP contribution in [0.3, 0.4) is 0 Å². The number of benzene rings is 2. The molecule has 2 aromatic rings. The number of ketones is 2. The van der Waals surface area contributed by atoms with Crippen molar-refractivity contribution in [1.29, 1.82) is 0 Å². The number of Topliss-reactive ketones (excluding diaryl/α,β-unsaturated/α-hetero) is 2. The predicted octanol–water partition coefficient (Wildman–Crippen LogP) is -1.02. The van der Waals surface area contributed by atoms with E-state index in [1.54, 1.807) is 0 Å². The topological polar surface area (TPSA) is 34.1 Å². The van der Waals surface area contributed by atoms with Crippen molar-refractivity contribution in [2.45, 2.75) is 51.6 Å². The largest absolute Gasteiger partial charge is 1.00 e. The number of quaternary nitrogens is 2. The summed E-state index contributed by atoms with van der Waals surface area (Å²) in [5.41, 5.74) is 3.72. The summed E-state index contributed by atoms with van der Waals surface area (Å²) in [6.07, 6.45) is 4.83. The zero-order chi connectivity index (χ0) is 22.9. The molecule has 34 heavy (non-hydrogen) atoms. The average molecular weight is 594 g/mol. The molecule has 4 atom stereocenters. The van der Waals surface area contributed by atoms with Gasteiger partial charge in [-0.05, 0) is 25.0 Å². The van der Waals surface area contributed by atoms with Gasteiger partial charge in [-0.15, -0.1) is 0 Å². The van der Waals surface area contributed by atoms with E-state index in [4.69, 9.17) is 0 Å². The molecule has 2 aliphatic rings. The third-order valence-corrected chi connectivity index (χ3v) is 8.47. The summed E-state index contributed by atoms with van der Waals surface area (Å²) in [5.74, 6) is 0.447. The maximum atomic E-state index is 12.9. The molecule has 0 aliphatic carbocycles. The third-order valence-electron chi connectivity index (χ3n) is 8.47. The van der Waals surface area contributed by atoms with Crippen LogP contribution in [0.4, 0.5) is 0 Å². The predicted molar refractivity (Wildman–Crippen MR) is 130 cm³/mol. The maximum absolute atomic E-state index is 12.9. The number of halogens is 2. The third kappa shape index (κ3) is 6.07. The molecule has 0 radical (unpaired) electrons. The first-order valence-corrected chi connectivity index (χ1v) is 12.2. The van der Waals surface area contributed by atoms with Gasteiger partial charge in [0.1, 0.15) is 13.1 Å². The van der Waals surface area contributed by atoms with Crippen molar-refractivity contribution < 1.29 is 52.5 Å². The molecule has 2 aromatic carbocycles. The van der Waals surface area contributed by atoms with E-state index in [9.17, 15) is 9.59 Å². The molecule has 0 amide bonds. The number of likely N-dealkylation sites (tertiary alicyclic amines) is 2. The van der Waals surface area contributed by atoms with E-state index in [0.29, 0.717) is 25.2 Å². The lowest BCUT2D eigenvalue weighted by molar-refractivity contribution is -0.911. The Morgan fingerprint density at radius 1 is 0.676 bits per heavy atom. The summed E-state index contributed by atoms with van der Waals surface area (Å²) >= 11 is 0. The second-order valence-electron chi connectivity index (χ2n) is 10.7. The van der Waals surface area contributed by atoms with Gasteiger partial charge < -0.3 is 42.9 Å². The van der Waals surface area contributed by atoms with E-state index in [-0.39, 0.29) is 45.5 Å². The van der Waals surface area contributed by atoms with Crippen LogP contribution < -0.4 is 34.0 Å². The lowest BCUT2D eigenvalue weighted by Crippen LogP contribution is -3.00. The first-order chi connectivity index (χ1) is 15.2. The smallest absolute Gasteiger partial charge is 0.216 e. The van der Waals surface area contributed by atoms with Gasteiger partial charge in [0.05, 0.1) is 39.3 Å². The Kier molecular flexibility index (Phi) is 9.85. The second kappa shape index (κ2) is 11.6. The normalized spacial score (nSPS) is 28.1. The summed E-state index contributed by atoms with van der Waals surface area (Å²) in [7, 11) is 4.42. The van der Waals surface area contributed by atoms with Gasteiger partial charge >= 0.3 is 0 Å². The number of hydrogen-bond donors (Lipinski definition) is 0. The van der Waals surface area contributed by atoms with Crippen LogP contribution in [-0.2, 0) is 0 Å². The van der Waals surface area contributed by atoms with Crippen LogP contribution in [-0.4, -0.2) is 72.9 Å². The van der Waals surface area contributed by atoms with Gasteiger partial charge in [-0.2, -0.15) is 0 Å². The Balaban J connectivity index is 0.00000204. The zero-order valence-electron chi connectivity index (χ0n) is 20.9. The quantitative estimate of drug-likeness (QED) is 0.304. The summed E-state index contributed by atoms with van der Waals surface area (Å²) in [4.78, 5) is 25.7. The van der Waals surface area contributed by atoms with Crippen LogP contribution in [0, 0.1) is 0 Å². The molecular weight excluding hydrogens is 556 g/mol. The monoisotopic (exact) mass is 592 g/mol. The number of nitrogens with zero attached hydrogens (tertiary/aromatic N) is 2. The lowest BCUT2D eigenvalue weighted by atomic mass is 9.99. The molecule has 4 nitrogen and oxygen atoms in total. The van der Waals surface area contributed by atoms with Gasteiger partial charge in [0.2, 0.25) is 11.6 Å². The Morgan fingerprint density at radius 3 is 1.26 bits per heavy atom. The van der Waals surface area contributed by atoms with Crippen molar-refractivity contribution in [3.05, 3.63) is 59.7 Å². The fraction of sp³-hybridized carbons (Fsp3) is 0.500. The Hall–Kier alpha value is -1.34. The molecule has 2 fully saturated rings. The molecule has 4 rings (SSSR count). The highest BCUT2D eigenvalue weighted by molar-refractivity contribution is 5.98. The molecule has 2 aliphatic heterocycles. The molecule has 4 unspecified atom stereocenters. The van der Waals surface area contributed by atoms with Crippen LogP contribution in [0.1, 0.15) is 60.2 Å². The van der Waals surface area contributed by atoms with Crippen LogP contribution in [0.25, 0.3) is 11.1 Å². The molecule has 2 heterocycles. The zero-order valence-corrected chi connectivity index (χ0v) is 24.1. The Bertz CT molecular complexity index is 911. The van der Waals surface area contributed by atoms with Gasteiger partial charge in [-0.1, -0.05) is 48.5 Å². The maximum Gasteiger partial charge on any atom is 0.216 e. The van der Waals surface area contributed by atoms with Gasteiger partial charge in [-0.3, -0.25) is 9.59 Å². The van der Waals surface area contributed by atoms with Crippen molar-refractivity contribution >= 4 is 11.6 Å². The van der Waals surface area contributed by atoms with E-state index in [2.05, 4.69) is 27.9 Å². The van der Waals surface area contributed by atoms with E-state index >= 15 is 0 Å². The van der Waals surface area contributed by atoms with Gasteiger partial charge in [-0.25, -0.2) is 0 Å². The first kappa shape index (κ1) is 28.9. The van der Waals surface area contributed by atoms with E-state index in [0.717, 1.165) is 44.3 Å². The molecule has 2 saturated heterocycles. The number of carbonyl (C=O) groups excluding carboxylic acids is 2.